The molecule has 0 spiro atoms. The number of ether oxygens (including phenoxy) is 4. The van der Waals surface area contributed by atoms with Gasteiger partial charge in [-0.2, -0.15) is 0 Å². The molecule has 2 saturated heterocycles. The number of aromatic nitrogens is 2. The summed E-state index contributed by atoms with van der Waals surface area (Å²) in [4.78, 5) is 52.6. The summed E-state index contributed by atoms with van der Waals surface area (Å²) in [6.07, 6.45) is 2.10. The summed E-state index contributed by atoms with van der Waals surface area (Å²) in [6, 6.07) is 10.2. The predicted molar refractivity (Wildman–Crippen MR) is 127 cm³/mol. The van der Waals surface area contributed by atoms with Crippen LogP contribution in [0.2, 0.25) is 0 Å². The van der Waals surface area contributed by atoms with Gasteiger partial charge in [-0.3, -0.25) is 19.5 Å². The number of esters is 1. The molecule has 3 heterocycles. The Kier molecular flexibility index (Phi) is 12.4. The Morgan fingerprint density at radius 1 is 1.19 bits per heavy atom. The van der Waals surface area contributed by atoms with Crippen molar-refractivity contribution in [1.29, 1.82) is 0 Å². The van der Waals surface area contributed by atoms with Crippen molar-refractivity contribution in [1.82, 2.24) is 20.2 Å². The van der Waals surface area contributed by atoms with Gasteiger partial charge < -0.3 is 30.0 Å². The summed E-state index contributed by atoms with van der Waals surface area (Å²) in [5.74, 6) is -0.566. The maximum absolute atomic E-state index is 12.2. The molecule has 13 nitrogen and oxygen atoms in total. The fourth-order valence-electron chi connectivity index (χ4n) is 3.09. The minimum Gasteiger partial charge on any atom is -0.468 e. The Labute approximate surface area is 207 Å². The zero-order valence-corrected chi connectivity index (χ0v) is 20.0. The third-order valence-electron chi connectivity index (χ3n) is 4.87. The van der Waals surface area contributed by atoms with E-state index in [1.807, 2.05) is 30.3 Å². The third-order valence-corrected chi connectivity index (χ3v) is 4.87. The number of carbonyl (C=O) groups excluding carboxylic acids is 3. The largest absolute Gasteiger partial charge is 0.468 e. The second-order valence-electron chi connectivity index (χ2n) is 7.45. The fourth-order valence-corrected chi connectivity index (χ4v) is 3.09. The van der Waals surface area contributed by atoms with Crippen LogP contribution in [0, 0.1) is 0 Å². The minimum atomic E-state index is -0.608. The maximum Gasteiger partial charge on any atom is 0.410 e. The van der Waals surface area contributed by atoms with Crippen LogP contribution in [0.1, 0.15) is 18.4 Å². The van der Waals surface area contributed by atoms with Gasteiger partial charge in [0.15, 0.2) is 0 Å². The molecule has 1 aromatic heterocycles. The molecule has 4 rings (SSSR count). The number of nitrogen functional groups attached to an aromatic ring is 1. The number of carbonyl (C=O) groups is 3. The second kappa shape index (κ2) is 15.8. The number of nitrogens with two attached hydrogens (primary N) is 1. The first-order valence-corrected chi connectivity index (χ1v) is 11.2. The molecule has 196 valence electrons. The molecule has 0 aliphatic carbocycles. The molecule has 0 radical (unpaired) electrons. The lowest BCUT2D eigenvalue weighted by Crippen LogP contribution is -2.47. The second-order valence-corrected chi connectivity index (χ2v) is 7.45. The van der Waals surface area contributed by atoms with Crippen LogP contribution in [0.4, 0.5) is 10.6 Å². The lowest BCUT2D eigenvalue weighted by atomic mass is 10.2. The monoisotopic (exact) mass is 505 g/mol. The Bertz CT molecular complexity index is 1010. The number of H-pyrrole nitrogens is 1. The number of nitrogens with zero attached hydrogens (tertiary/aromatic N) is 2. The molecular weight excluding hydrogens is 474 g/mol. The number of amides is 2. The molecule has 2 fully saturated rings. The average Bonchev–Trinajstić information content (AvgIpc) is 3.62. The molecule has 2 amide bonds. The van der Waals surface area contributed by atoms with E-state index in [2.05, 4.69) is 20.0 Å². The van der Waals surface area contributed by atoms with Gasteiger partial charge in [0.2, 0.25) is 5.91 Å². The molecule has 13 heteroatoms. The van der Waals surface area contributed by atoms with Gasteiger partial charge in [0.25, 0.3) is 0 Å². The van der Waals surface area contributed by atoms with E-state index in [1.54, 1.807) is 0 Å². The van der Waals surface area contributed by atoms with E-state index in [1.165, 1.54) is 24.3 Å². The number of likely N-dealkylation sites (tertiary alicyclic amines) is 1. The molecule has 4 N–H and O–H groups in total. The molecule has 0 saturated carbocycles. The molecule has 1 atom stereocenters. The van der Waals surface area contributed by atoms with Gasteiger partial charge >= 0.3 is 17.8 Å². The quantitative estimate of drug-likeness (QED) is 0.483. The van der Waals surface area contributed by atoms with Crippen LogP contribution in [0.25, 0.3) is 0 Å². The zero-order valence-electron chi connectivity index (χ0n) is 20.0. The van der Waals surface area contributed by atoms with Gasteiger partial charge in [0.05, 0.1) is 20.3 Å². The predicted octanol–water partition coefficient (Wildman–Crippen LogP) is 0.420. The number of rotatable bonds is 5. The molecular formula is C23H31N5O8. The highest BCUT2D eigenvalue weighted by molar-refractivity contribution is 5.88. The summed E-state index contributed by atoms with van der Waals surface area (Å²) in [5, 5.41) is 2.47. The molecule has 36 heavy (non-hydrogen) atoms. The lowest BCUT2D eigenvalue weighted by Gasteiger charge is -2.23. The summed E-state index contributed by atoms with van der Waals surface area (Å²) in [5.41, 5.74) is 5.63. The highest BCUT2D eigenvalue weighted by atomic mass is 16.7. The highest BCUT2D eigenvalue weighted by Crippen LogP contribution is 2.19. The van der Waals surface area contributed by atoms with Gasteiger partial charge in [0, 0.05) is 12.7 Å². The van der Waals surface area contributed by atoms with Crippen molar-refractivity contribution in [3.63, 3.8) is 0 Å². The maximum atomic E-state index is 12.2. The van der Waals surface area contributed by atoms with Crippen molar-refractivity contribution in [3.05, 3.63) is 58.6 Å². The van der Waals surface area contributed by atoms with E-state index in [-0.39, 0.29) is 19.1 Å². The van der Waals surface area contributed by atoms with E-state index in [0.29, 0.717) is 25.6 Å². The van der Waals surface area contributed by atoms with Crippen LogP contribution in [0.15, 0.2) is 47.4 Å². The van der Waals surface area contributed by atoms with Crippen LogP contribution in [-0.4, -0.2) is 79.1 Å². The van der Waals surface area contributed by atoms with Gasteiger partial charge in [-0.25, -0.2) is 14.6 Å². The van der Waals surface area contributed by atoms with Crippen molar-refractivity contribution in [2.45, 2.75) is 25.5 Å². The van der Waals surface area contributed by atoms with Crippen molar-refractivity contribution in [3.8, 4) is 0 Å². The Morgan fingerprint density at radius 3 is 2.47 bits per heavy atom. The fraction of sp³-hybridized carbons (Fsp3) is 0.435. The topological polar surface area (TPSA) is 175 Å². The number of benzene rings is 1. The number of methoxy groups -OCH3 is 1. The first-order chi connectivity index (χ1) is 17.4. The van der Waals surface area contributed by atoms with Crippen molar-refractivity contribution < 1.29 is 33.3 Å². The lowest BCUT2D eigenvalue weighted by molar-refractivity contribution is -0.141. The number of hydrogen-bond acceptors (Lipinski definition) is 10. The summed E-state index contributed by atoms with van der Waals surface area (Å²) in [6.45, 7) is 2.47. The minimum absolute atomic E-state index is 0.159. The van der Waals surface area contributed by atoms with Gasteiger partial charge in [-0.15, -0.1) is 0 Å². The molecule has 2 aliphatic rings. The van der Waals surface area contributed by atoms with Crippen LogP contribution in [0.3, 0.4) is 0 Å². The van der Waals surface area contributed by atoms with Crippen molar-refractivity contribution in [2.75, 3.05) is 45.9 Å². The van der Waals surface area contributed by atoms with Crippen LogP contribution < -0.4 is 16.7 Å². The van der Waals surface area contributed by atoms with Crippen molar-refractivity contribution in [2.24, 2.45) is 0 Å². The number of nitrogens with one attached hydrogen (secondary N) is 2. The first-order valence-electron chi connectivity index (χ1n) is 11.2. The van der Waals surface area contributed by atoms with Gasteiger partial charge in [0.1, 0.15) is 31.8 Å². The first kappa shape index (κ1) is 28.3. The number of anilines is 1. The Hall–Kier alpha value is -3.97. The van der Waals surface area contributed by atoms with Crippen molar-refractivity contribution >= 4 is 23.8 Å². The Morgan fingerprint density at radius 2 is 1.92 bits per heavy atom. The molecule has 0 bridgehead atoms. The zero-order chi connectivity index (χ0) is 26.2. The van der Waals surface area contributed by atoms with Crippen LogP contribution >= 0.6 is 0 Å². The van der Waals surface area contributed by atoms with E-state index in [4.69, 9.17) is 19.9 Å². The third kappa shape index (κ3) is 10.5. The SMILES string of the molecule is C1COCO1.COC(=O)CNC(=O)[C@@H]1CCCN1C(=O)OCc1ccccc1.Nc1ccnc(=O)[nH]1. The average molecular weight is 506 g/mol. The number of hydrogen-bond donors (Lipinski definition) is 3. The normalized spacial score (nSPS) is 16.0. The van der Waals surface area contributed by atoms with Gasteiger partial charge in [-0.1, -0.05) is 30.3 Å². The van der Waals surface area contributed by atoms with Crippen LogP contribution in [-0.2, 0) is 35.1 Å². The number of aromatic amines is 1. The van der Waals surface area contributed by atoms with Crippen LogP contribution in [0.5, 0.6) is 0 Å². The van der Waals surface area contributed by atoms with E-state index in [9.17, 15) is 19.2 Å². The summed E-state index contributed by atoms with van der Waals surface area (Å²) in [7, 11) is 1.25. The smallest absolute Gasteiger partial charge is 0.410 e. The van der Waals surface area contributed by atoms with E-state index in [0.717, 1.165) is 25.2 Å². The Balaban J connectivity index is 0.000000283. The van der Waals surface area contributed by atoms with E-state index < -0.39 is 23.8 Å². The molecule has 1 aromatic carbocycles. The van der Waals surface area contributed by atoms with Gasteiger partial charge in [-0.05, 0) is 24.5 Å². The molecule has 0 unspecified atom stereocenters. The standard InChI is InChI=1S/C16H20N2O5.C4H5N3O.C3H6O2/c1-22-14(19)10-17-15(20)13-8-5-9-18(13)16(21)23-11-12-6-3-2-4-7-12;5-3-1-2-6-4(8)7-3;1-2-5-3-4-1/h2-4,6-7,13H,5,8-11H2,1H3,(H,17,20);1-2H,(H3,5,6,7,8);1-3H2/t13-;;/m0../s1. The highest BCUT2D eigenvalue weighted by Gasteiger charge is 2.35. The summed E-state index contributed by atoms with van der Waals surface area (Å²) >= 11 is 0. The molecule has 2 aromatic rings. The summed E-state index contributed by atoms with van der Waals surface area (Å²) < 4.78 is 19.2. The molecule has 2 aliphatic heterocycles. The van der Waals surface area contributed by atoms with E-state index >= 15 is 0 Å².